The summed E-state index contributed by atoms with van der Waals surface area (Å²) in [5.74, 6) is -0.211. The minimum Gasteiger partial charge on any atom is -0.383 e. The third-order valence-corrected chi connectivity index (χ3v) is 4.98. The lowest BCUT2D eigenvalue weighted by molar-refractivity contribution is -0.384. The van der Waals surface area contributed by atoms with Gasteiger partial charge in [0.25, 0.3) is 11.6 Å². The second-order valence-corrected chi connectivity index (χ2v) is 6.75. The second-order valence-electron chi connectivity index (χ2n) is 5.72. The Hall–Kier alpha value is -2.35. The molecule has 0 radical (unpaired) electrons. The van der Waals surface area contributed by atoms with E-state index in [1.165, 1.54) is 30.7 Å². The summed E-state index contributed by atoms with van der Waals surface area (Å²) in [7, 11) is 1.63. The van der Waals surface area contributed by atoms with Crippen LogP contribution in [0.4, 0.5) is 11.4 Å². The van der Waals surface area contributed by atoms with E-state index in [1.807, 2.05) is 0 Å². The van der Waals surface area contributed by atoms with Crippen LogP contribution in [-0.2, 0) is 4.79 Å². The predicted octanol–water partition coefficient (Wildman–Crippen LogP) is 3.14. The number of carbonyl (C=O) groups is 1. The first kappa shape index (κ1) is 16.5. The number of nitro benzene ring substituents is 1. The monoisotopic (exact) mass is 346 g/mol. The molecule has 1 aliphatic carbocycles. The van der Waals surface area contributed by atoms with Crippen LogP contribution >= 0.6 is 11.8 Å². The van der Waals surface area contributed by atoms with Gasteiger partial charge in [-0.15, -0.1) is 0 Å². The van der Waals surface area contributed by atoms with Crippen LogP contribution in [0.5, 0.6) is 0 Å². The molecule has 1 saturated heterocycles. The topological polar surface area (TPSA) is 96.6 Å². The van der Waals surface area contributed by atoms with Crippen LogP contribution in [-0.4, -0.2) is 29.1 Å². The van der Waals surface area contributed by atoms with Gasteiger partial charge >= 0.3 is 0 Å². The number of amides is 1. The van der Waals surface area contributed by atoms with Crippen molar-refractivity contribution in [3.05, 3.63) is 38.8 Å². The van der Waals surface area contributed by atoms with Crippen molar-refractivity contribution < 1.29 is 9.72 Å². The Kier molecular flexibility index (Phi) is 4.84. The van der Waals surface area contributed by atoms with Gasteiger partial charge in [-0.05, 0) is 42.3 Å². The lowest BCUT2D eigenvalue weighted by Gasteiger charge is -2.03. The summed E-state index contributed by atoms with van der Waals surface area (Å²) in [5, 5.41) is 17.3. The molecule has 7 nitrogen and oxygen atoms in total. The molecule has 0 bridgehead atoms. The Bertz CT molecular complexity index is 739. The van der Waals surface area contributed by atoms with Crippen LogP contribution in [0.2, 0.25) is 0 Å². The molecule has 1 aromatic carbocycles. The van der Waals surface area contributed by atoms with Crippen LogP contribution in [0.25, 0.3) is 6.08 Å². The molecular weight excluding hydrogens is 328 g/mol. The van der Waals surface area contributed by atoms with Crippen molar-refractivity contribution in [2.24, 2.45) is 4.99 Å². The SMILES string of the molecule is CNc1ccc(/C=C2\SC(=NC3CCCC3)NC2=O)cc1[N+](=O)[O-]. The number of nitrogens with one attached hydrogen (secondary N) is 2. The minimum absolute atomic E-state index is 0.0184. The number of carbonyl (C=O) groups excluding carboxylic acids is 1. The third-order valence-electron chi connectivity index (χ3n) is 4.06. The average molecular weight is 346 g/mol. The first-order valence-corrected chi connectivity index (χ1v) is 8.63. The zero-order valence-corrected chi connectivity index (χ0v) is 14.1. The summed E-state index contributed by atoms with van der Waals surface area (Å²) in [6.45, 7) is 0. The van der Waals surface area contributed by atoms with Gasteiger partial charge in [-0.1, -0.05) is 18.9 Å². The van der Waals surface area contributed by atoms with Crippen LogP contribution in [0.1, 0.15) is 31.2 Å². The molecule has 1 amide bonds. The van der Waals surface area contributed by atoms with E-state index in [-0.39, 0.29) is 11.6 Å². The van der Waals surface area contributed by atoms with Gasteiger partial charge in [-0.3, -0.25) is 19.9 Å². The van der Waals surface area contributed by atoms with Gasteiger partial charge in [0, 0.05) is 13.1 Å². The molecule has 24 heavy (non-hydrogen) atoms. The molecule has 8 heteroatoms. The maximum absolute atomic E-state index is 12.1. The average Bonchev–Trinajstić information content (AvgIpc) is 3.18. The van der Waals surface area contributed by atoms with Crippen LogP contribution in [0, 0.1) is 10.1 Å². The Labute approximate surface area is 143 Å². The second kappa shape index (κ2) is 7.04. The van der Waals surface area contributed by atoms with Gasteiger partial charge in [-0.2, -0.15) is 0 Å². The Morgan fingerprint density at radius 3 is 2.83 bits per heavy atom. The third kappa shape index (κ3) is 3.59. The molecule has 126 valence electrons. The maximum Gasteiger partial charge on any atom is 0.292 e. The lowest BCUT2D eigenvalue weighted by atomic mass is 10.1. The molecule has 3 rings (SSSR count). The first-order chi connectivity index (χ1) is 11.6. The molecule has 2 fully saturated rings. The fourth-order valence-corrected chi connectivity index (χ4v) is 3.73. The van der Waals surface area contributed by atoms with E-state index in [0.29, 0.717) is 27.4 Å². The van der Waals surface area contributed by atoms with E-state index in [0.717, 1.165) is 12.8 Å². The highest BCUT2D eigenvalue weighted by molar-refractivity contribution is 8.18. The fraction of sp³-hybridized carbons (Fsp3) is 0.375. The van der Waals surface area contributed by atoms with E-state index in [1.54, 1.807) is 25.3 Å². The van der Waals surface area contributed by atoms with Gasteiger partial charge in [0.1, 0.15) is 5.69 Å². The number of hydrogen-bond acceptors (Lipinski definition) is 6. The number of aliphatic imine (C=N–C) groups is 1. The van der Waals surface area contributed by atoms with Crippen molar-refractivity contribution in [1.29, 1.82) is 0 Å². The quantitative estimate of drug-likeness (QED) is 0.496. The zero-order chi connectivity index (χ0) is 17.1. The molecule has 1 aromatic rings. The number of nitro groups is 1. The predicted molar refractivity (Wildman–Crippen MR) is 96.0 cm³/mol. The van der Waals surface area contributed by atoms with E-state index in [4.69, 9.17) is 0 Å². The minimum atomic E-state index is -0.442. The highest BCUT2D eigenvalue weighted by Crippen LogP contribution is 2.31. The molecule has 0 aromatic heterocycles. The van der Waals surface area contributed by atoms with Crippen LogP contribution in [0.3, 0.4) is 0 Å². The van der Waals surface area contributed by atoms with Crippen LogP contribution < -0.4 is 10.6 Å². The molecule has 2 aliphatic rings. The summed E-state index contributed by atoms with van der Waals surface area (Å²) in [5.41, 5.74) is 1.03. The molecule has 0 unspecified atom stereocenters. The number of anilines is 1. The molecule has 2 N–H and O–H groups in total. The summed E-state index contributed by atoms with van der Waals surface area (Å²) < 4.78 is 0. The number of nitrogens with zero attached hydrogens (tertiary/aromatic N) is 2. The Balaban J connectivity index is 1.82. The number of thioether (sulfide) groups is 1. The number of rotatable bonds is 4. The Morgan fingerprint density at radius 1 is 1.42 bits per heavy atom. The fourth-order valence-electron chi connectivity index (χ4n) is 2.84. The zero-order valence-electron chi connectivity index (χ0n) is 13.2. The highest BCUT2D eigenvalue weighted by atomic mass is 32.2. The number of benzene rings is 1. The normalized spacial score (nSPS) is 21.5. The van der Waals surface area contributed by atoms with E-state index in [2.05, 4.69) is 15.6 Å². The largest absolute Gasteiger partial charge is 0.383 e. The highest BCUT2D eigenvalue weighted by Gasteiger charge is 2.26. The molecule has 1 saturated carbocycles. The standard InChI is InChI=1S/C16H18N4O3S/c1-17-12-7-6-10(8-13(12)20(22)23)9-14-15(21)19-16(24-14)18-11-4-2-3-5-11/h6-9,11,17H,2-5H2,1H3,(H,18,19,21)/b14-9-. The molecule has 0 spiro atoms. The van der Waals surface area contributed by atoms with Gasteiger partial charge < -0.3 is 10.6 Å². The summed E-state index contributed by atoms with van der Waals surface area (Å²) >= 11 is 1.29. The van der Waals surface area contributed by atoms with Crippen molar-refractivity contribution in [2.75, 3.05) is 12.4 Å². The van der Waals surface area contributed by atoms with E-state index in [9.17, 15) is 14.9 Å². The lowest BCUT2D eigenvalue weighted by Crippen LogP contribution is -2.21. The van der Waals surface area contributed by atoms with Gasteiger partial charge in [0.15, 0.2) is 5.17 Å². The van der Waals surface area contributed by atoms with Crippen molar-refractivity contribution in [1.82, 2.24) is 5.32 Å². The van der Waals surface area contributed by atoms with Crippen molar-refractivity contribution >= 4 is 40.3 Å². The smallest absolute Gasteiger partial charge is 0.292 e. The van der Waals surface area contributed by atoms with Crippen molar-refractivity contribution in [3.63, 3.8) is 0 Å². The molecule has 1 aliphatic heterocycles. The molecule has 1 heterocycles. The summed E-state index contributed by atoms with van der Waals surface area (Å²) in [6, 6.07) is 5.13. The van der Waals surface area contributed by atoms with Crippen molar-refractivity contribution in [2.45, 2.75) is 31.7 Å². The summed E-state index contributed by atoms with van der Waals surface area (Å²) in [4.78, 5) is 27.8. The van der Waals surface area contributed by atoms with E-state index >= 15 is 0 Å². The molecule has 0 atom stereocenters. The van der Waals surface area contributed by atoms with Gasteiger partial charge in [0.2, 0.25) is 0 Å². The van der Waals surface area contributed by atoms with E-state index < -0.39 is 4.92 Å². The first-order valence-electron chi connectivity index (χ1n) is 7.81. The molecular formula is C16H18N4O3S. The number of hydrogen-bond donors (Lipinski definition) is 2. The van der Waals surface area contributed by atoms with Crippen LogP contribution in [0.15, 0.2) is 28.1 Å². The van der Waals surface area contributed by atoms with Gasteiger partial charge in [0.05, 0.1) is 15.9 Å². The maximum atomic E-state index is 12.1. The Morgan fingerprint density at radius 2 is 2.17 bits per heavy atom. The van der Waals surface area contributed by atoms with Crippen molar-refractivity contribution in [3.8, 4) is 0 Å². The number of amidine groups is 1. The van der Waals surface area contributed by atoms with Gasteiger partial charge in [-0.25, -0.2) is 0 Å². The summed E-state index contributed by atoms with van der Waals surface area (Å²) in [6.07, 6.45) is 6.16.